The Morgan fingerprint density at radius 2 is 1.86 bits per heavy atom. The fourth-order valence-electron chi connectivity index (χ4n) is 1.70. The molecule has 0 aromatic carbocycles. The summed E-state index contributed by atoms with van der Waals surface area (Å²) in [6.07, 6.45) is 0.910. The molecule has 4 N–H and O–H groups in total. The van der Waals surface area contributed by atoms with Gasteiger partial charge in [0, 0.05) is 19.0 Å². The Morgan fingerprint density at radius 3 is 2.33 bits per heavy atom. The van der Waals surface area contributed by atoms with Crippen LogP contribution in [0, 0.1) is 5.41 Å². The molecule has 0 saturated heterocycles. The maximum atomic E-state index is 11.5. The topological polar surface area (TPSA) is 111 Å². The van der Waals surface area contributed by atoms with E-state index >= 15 is 0 Å². The van der Waals surface area contributed by atoms with Crippen molar-refractivity contribution in [2.45, 2.75) is 46.1 Å². The van der Waals surface area contributed by atoms with E-state index in [0.717, 1.165) is 0 Å². The van der Waals surface area contributed by atoms with Crippen LogP contribution in [0.2, 0.25) is 0 Å². The highest BCUT2D eigenvalue weighted by Gasteiger charge is 2.17. The Morgan fingerprint density at radius 1 is 1.19 bits per heavy atom. The zero-order valence-corrected chi connectivity index (χ0v) is 12.8. The summed E-state index contributed by atoms with van der Waals surface area (Å²) in [7, 11) is 0. The summed E-state index contributed by atoms with van der Waals surface area (Å²) in [5, 5.41) is 15.5. The van der Waals surface area contributed by atoms with E-state index in [1.807, 2.05) is 6.92 Å². The molecule has 0 aromatic heterocycles. The van der Waals surface area contributed by atoms with Gasteiger partial charge in [-0.1, -0.05) is 0 Å². The number of rotatable bonds is 11. The molecule has 0 saturated carbocycles. The highest BCUT2D eigenvalue weighted by Crippen LogP contribution is 1.99. The minimum Gasteiger partial charge on any atom is -0.364 e. The molecule has 0 radical (unpaired) electrons. The van der Waals surface area contributed by atoms with Gasteiger partial charge in [-0.3, -0.25) is 19.8 Å². The van der Waals surface area contributed by atoms with Crippen molar-refractivity contribution in [1.29, 1.82) is 5.41 Å². The van der Waals surface area contributed by atoms with Crippen LogP contribution in [0.3, 0.4) is 0 Å². The molecule has 0 fully saturated rings. The molecular formula is C14H24N4O3. The van der Waals surface area contributed by atoms with Crippen LogP contribution in [0.4, 0.5) is 0 Å². The van der Waals surface area contributed by atoms with E-state index in [9.17, 15) is 14.4 Å². The van der Waals surface area contributed by atoms with E-state index in [2.05, 4.69) is 21.8 Å². The van der Waals surface area contributed by atoms with Crippen LogP contribution < -0.4 is 16.0 Å². The van der Waals surface area contributed by atoms with Crippen LogP contribution >= 0.6 is 0 Å². The lowest BCUT2D eigenvalue weighted by Crippen LogP contribution is -2.40. The zero-order valence-electron chi connectivity index (χ0n) is 12.8. The Hall–Kier alpha value is -2.14. The highest BCUT2D eigenvalue weighted by atomic mass is 16.2. The molecule has 0 bridgehead atoms. The minimum atomic E-state index is -0.579. The molecule has 0 heterocycles. The minimum absolute atomic E-state index is 0.138. The number of ketones is 2. The third kappa shape index (κ3) is 9.40. The van der Waals surface area contributed by atoms with Crippen molar-refractivity contribution in [3.63, 3.8) is 0 Å². The van der Waals surface area contributed by atoms with Gasteiger partial charge in [-0.25, -0.2) is 0 Å². The lowest BCUT2D eigenvalue weighted by molar-refractivity contribution is -0.130. The molecule has 0 aromatic rings. The SMILES string of the molecule is CCNC(=C=N)NCCC[C@H](NC(=O)CC(C)=O)C(C)=O. The van der Waals surface area contributed by atoms with Crippen molar-refractivity contribution >= 4 is 23.3 Å². The number of Topliss-reactive ketones (excluding diaryl/α,β-unsaturated/α-hetero) is 2. The van der Waals surface area contributed by atoms with Gasteiger partial charge in [0.15, 0.2) is 11.6 Å². The molecule has 0 spiro atoms. The number of amides is 1. The summed E-state index contributed by atoms with van der Waals surface area (Å²) in [6.45, 7) is 5.90. The first-order valence-corrected chi connectivity index (χ1v) is 6.97. The van der Waals surface area contributed by atoms with Crippen LogP contribution in [0.5, 0.6) is 0 Å². The third-order valence-electron chi connectivity index (χ3n) is 2.69. The molecule has 7 nitrogen and oxygen atoms in total. The fourth-order valence-corrected chi connectivity index (χ4v) is 1.70. The first-order chi connectivity index (χ1) is 9.90. The van der Waals surface area contributed by atoms with E-state index in [-0.39, 0.29) is 18.0 Å². The smallest absolute Gasteiger partial charge is 0.228 e. The zero-order chi connectivity index (χ0) is 16.3. The summed E-state index contributed by atoms with van der Waals surface area (Å²) in [4.78, 5) is 33.8. The largest absolute Gasteiger partial charge is 0.364 e. The van der Waals surface area contributed by atoms with Gasteiger partial charge in [-0.15, -0.1) is 0 Å². The van der Waals surface area contributed by atoms with Gasteiger partial charge in [-0.2, -0.15) is 0 Å². The van der Waals surface area contributed by atoms with Crippen LogP contribution in [-0.4, -0.2) is 42.5 Å². The van der Waals surface area contributed by atoms with Crippen LogP contribution in [0.25, 0.3) is 0 Å². The second kappa shape index (κ2) is 10.6. The van der Waals surface area contributed by atoms with Gasteiger partial charge in [0.25, 0.3) is 0 Å². The molecule has 1 amide bonds. The highest BCUT2D eigenvalue weighted by molar-refractivity contribution is 5.98. The summed E-state index contributed by atoms with van der Waals surface area (Å²) >= 11 is 0. The Labute approximate surface area is 125 Å². The van der Waals surface area contributed by atoms with Crippen molar-refractivity contribution in [2.24, 2.45) is 0 Å². The normalized spacial score (nSPS) is 11.0. The second-order valence-electron chi connectivity index (χ2n) is 4.71. The molecule has 0 rings (SSSR count). The predicted octanol–water partition coefficient (Wildman–Crippen LogP) is 0.108. The molecule has 21 heavy (non-hydrogen) atoms. The van der Waals surface area contributed by atoms with Gasteiger partial charge in [0.2, 0.25) is 5.91 Å². The fraction of sp³-hybridized carbons (Fsp3) is 0.643. The average molecular weight is 296 g/mol. The Balaban J connectivity index is 4.17. The Kier molecular flexibility index (Phi) is 9.54. The molecule has 0 aliphatic carbocycles. The van der Waals surface area contributed by atoms with Gasteiger partial charge in [0.05, 0.1) is 12.5 Å². The van der Waals surface area contributed by atoms with Crippen molar-refractivity contribution in [1.82, 2.24) is 16.0 Å². The van der Waals surface area contributed by atoms with E-state index in [4.69, 9.17) is 5.41 Å². The van der Waals surface area contributed by atoms with E-state index in [0.29, 0.717) is 31.8 Å². The first kappa shape index (κ1) is 18.9. The monoisotopic (exact) mass is 296 g/mol. The number of nitrogens with one attached hydrogen (secondary N) is 4. The quantitative estimate of drug-likeness (QED) is 0.246. The maximum Gasteiger partial charge on any atom is 0.228 e. The maximum absolute atomic E-state index is 11.5. The van der Waals surface area contributed by atoms with Gasteiger partial charge in [-0.05, 0) is 33.6 Å². The van der Waals surface area contributed by atoms with E-state index in [1.165, 1.54) is 13.8 Å². The average Bonchev–Trinajstić information content (AvgIpc) is 2.39. The van der Waals surface area contributed by atoms with E-state index in [1.54, 1.807) is 0 Å². The first-order valence-electron chi connectivity index (χ1n) is 6.97. The molecule has 7 heteroatoms. The molecule has 0 aliphatic rings. The van der Waals surface area contributed by atoms with Gasteiger partial charge < -0.3 is 16.0 Å². The lowest BCUT2D eigenvalue weighted by Gasteiger charge is -2.16. The van der Waals surface area contributed by atoms with Crippen molar-refractivity contribution < 1.29 is 14.4 Å². The number of carbonyl (C=O) groups excluding carboxylic acids is 3. The summed E-state index contributed by atoms with van der Waals surface area (Å²) in [6, 6.07) is -0.579. The predicted molar refractivity (Wildman–Crippen MR) is 80.1 cm³/mol. The third-order valence-corrected chi connectivity index (χ3v) is 2.69. The number of hydrogen-bond acceptors (Lipinski definition) is 6. The molecule has 0 aliphatic heterocycles. The Bertz CT molecular complexity index is 428. The van der Waals surface area contributed by atoms with Crippen LogP contribution in [0.15, 0.2) is 5.82 Å². The number of hydrogen-bond donors (Lipinski definition) is 4. The van der Waals surface area contributed by atoms with Crippen molar-refractivity contribution in [3.8, 4) is 0 Å². The summed E-state index contributed by atoms with van der Waals surface area (Å²) in [5.74, 6) is 1.94. The van der Waals surface area contributed by atoms with Crippen LogP contribution in [0.1, 0.15) is 40.0 Å². The summed E-state index contributed by atoms with van der Waals surface area (Å²) in [5.41, 5.74) is 0. The van der Waals surface area contributed by atoms with Gasteiger partial charge >= 0.3 is 0 Å². The lowest BCUT2D eigenvalue weighted by atomic mass is 10.1. The molecular weight excluding hydrogens is 272 g/mol. The molecule has 118 valence electrons. The molecule has 1 atom stereocenters. The van der Waals surface area contributed by atoms with E-state index < -0.39 is 11.9 Å². The van der Waals surface area contributed by atoms with Crippen molar-refractivity contribution in [3.05, 3.63) is 5.82 Å². The van der Waals surface area contributed by atoms with Gasteiger partial charge in [0.1, 0.15) is 5.78 Å². The van der Waals surface area contributed by atoms with Crippen LogP contribution in [-0.2, 0) is 14.4 Å². The number of carbonyl (C=O) groups is 3. The van der Waals surface area contributed by atoms with Crippen molar-refractivity contribution in [2.75, 3.05) is 13.1 Å². The molecule has 0 unspecified atom stereocenters. The standard InChI is InChI=1S/C14H24N4O3/c1-4-16-13(9-15)17-7-5-6-12(11(3)20)18-14(21)8-10(2)19/h12,15-17H,4-8H2,1-3H3,(H,18,21)/t12-/m0/s1. The second-order valence-corrected chi connectivity index (χ2v) is 4.71. The summed E-state index contributed by atoms with van der Waals surface area (Å²) < 4.78 is 0.